The number of benzene rings is 2. The highest BCUT2D eigenvalue weighted by molar-refractivity contribution is 6.36. The first-order chi connectivity index (χ1) is 20.9. The molecule has 9 rings (SSSR count). The van der Waals surface area contributed by atoms with Gasteiger partial charge in [-0.05, 0) is 69.0 Å². The van der Waals surface area contributed by atoms with E-state index < -0.39 is 6.17 Å². The van der Waals surface area contributed by atoms with Crippen LogP contribution < -0.4 is 19.9 Å². The van der Waals surface area contributed by atoms with Gasteiger partial charge in [-0.2, -0.15) is 0 Å². The third-order valence-corrected chi connectivity index (χ3v) is 11.7. The predicted octanol–water partition coefficient (Wildman–Crippen LogP) is 5.58. The van der Waals surface area contributed by atoms with Gasteiger partial charge in [-0.3, -0.25) is 4.90 Å². The van der Waals surface area contributed by atoms with Crippen molar-refractivity contribution < 1.29 is 14.2 Å². The fourth-order valence-electron chi connectivity index (χ4n) is 9.15. The molecule has 6 aliphatic rings. The average molecular weight is 604 g/mol. The molecule has 2 bridgehead atoms. The Bertz CT molecular complexity index is 1600. The number of anilines is 2. The summed E-state index contributed by atoms with van der Waals surface area (Å²) in [5, 5.41) is 17.1. The maximum atomic E-state index is 14.5. The van der Waals surface area contributed by atoms with E-state index in [1.807, 2.05) is 24.3 Å². The molecule has 3 aromatic rings. The molecular weight excluding hydrogens is 565 g/mol. The van der Waals surface area contributed by atoms with Crippen LogP contribution in [0.25, 0.3) is 10.8 Å². The molecule has 4 saturated heterocycles. The fourth-order valence-corrected chi connectivity index (χ4v) is 9.42. The van der Waals surface area contributed by atoms with E-state index in [4.69, 9.17) is 21.3 Å². The Kier molecular flexibility index (Phi) is 5.93. The number of aromatic hydroxyl groups is 1. The molecule has 0 amide bonds. The van der Waals surface area contributed by atoms with Crippen LogP contribution in [0.4, 0.5) is 15.8 Å². The molecule has 226 valence electrons. The molecule has 43 heavy (non-hydrogen) atoms. The van der Waals surface area contributed by atoms with Crippen LogP contribution in [0.5, 0.6) is 11.6 Å². The molecule has 0 radical (unpaired) electrons. The Morgan fingerprint density at radius 2 is 1.91 bits per heavy atom. The van der Waals surface area contributed by atoms with E-state index in [9.17, 15) is 9.50 Å². The quantitative estimate of drug-likeness (QED) is 0.394. The van der Waals surface area contributed by atoms with Gasteiger partial charge in [0.2, 0.25) is 5.88 Å². The number of alkyl halides is 1. The molecule has 2 unspecified atom stereocenters. The van der Waals surface area contributed by atoms with Gasteiger partial charge in [0.05, 0.1) is 28.5 Å². The number of aromatic nitrogens is 1. The van der Waals surface area contributed by atoms with Crippen LogP contribution in [-0.4, -0.2) is 77.1 Å². The molecule has 7 nitrogen and oxygen atoms in total. The minimum absolute atomic E-state index is 0.0119. The Hall–Kier alpha value is -2.81. The molecule has 2 aromatic carbocycles. The van der Waals surface area contributed by atoms with E-state index in [-0.39, 0.29) is 16.8 Å². The van der Waals surface area contributed by atoms with E-state index >= 15 is 0 Å². The number of hydrogen-bond acceptors (Lipinski definition) is 7. The first-order valence-electron chi connectivity index (χ1n) is 16.1. The van der Waals surface area contributed by atoms with E-state index in [1.54, 1.807) is 6.07 Å². The third-order valence-electron chi connectivity index (χ3n) is 11.4. The second kappa shape index (κ2) is 9.59. The van der Waals surface area contributed by atoms with E-state index in [0.29, 0.717) is 49.1 Å². The lowest BCUT2D eigenvalue weighted by Crippen LogP contribution is -2.52. The molecule has 4 atom stereocenters. The Labute approximate surface area is 256 Å². The van der Waals surface area contributed by atoms with E-state index in [1.165, 1.54) is 24.1 Å². The summed E-state index contributed by atoms with van der Waals surface area (Å²) >= 11 is 6.80. The lowest BCUT2D eigenvalue weighted by atomic mass is 9.91. The number of ether oxygens (including phenoxy) is 1. The second-order valence-electron chi connectivity index (χ2n) is 14.1. The smallest absolute Gasteiger partial charge is 0.215 e. The Balaban J connectivity index is 1.12. The number of hydrogen-bond donors (Lipinski definition) is 2. The van der Waals surface area contributed by atoms with Gasteiger partial charge in [-0.15, -0.1) is 0 Å². The number of fused-ring (bicyclic) bond motifs is 5. The first kappa shape index (κ1) is 26.6. The molecular formula is C34H39ClFN5O2. The van der Waals surface area contributed by atoms with Gasteiger partial charge in [-0.25, -0.2) is 9.37 Å². The van der Waals surface area contributed by atoms with Crippen molar-refractivity contribution in [2.75, 3.05) is 42.6 Å². The molecule has 1 aromatic heterocycles. The molecule has 1 aliphatic carbocycles. The van der Waals surface area contributed by atoms with Crippen LogP contribution in [0.15, 0.2) is 36.4 Å². The standard InChI is InChI=1S/C34H39ClFN5O2/c35-27-4-1-3-21-11-25(42)12-30(32(21)27)41-19-28-26(15-33(41)8-9-33)29(39-17-23-5-6-24(18-39)37-23)13-31(38-28)43-20-34-7-2-10-40(34)16-22(36)14-34/h1,3-4,11-13,22-24,37,42H,2,5-10,14-20H2/t22-,23?,24?,34+/m1/s1. The SMILES string of the molecule is Oc1cc(N2Cc3nc(OC[C@@]45CCCN4C[C@H](F)C5)cc(N4CC5CCC(C4)N5)c3CC23CC3)c2c(Cl)cccc2c1. The van der Waals surface area contributed by atoms with Gasteiger partial charge in [0, 0.05) is 72.4 Å². The average Bonchev–Trinajstić information content (AvgIpc) is 3.35. The largest absolute Gasteiger partial charge is 0.508 e. The number of rotatable bonds is 5. The van der Waals surface area contributed by atoms with Gasteiger partial charge in [-0.1, -0.05) is 23.7 Å². The number of nitrogens with one attached hydrogen (secondary N) is 1. The monoisotopic (exact) mass is 603 g/mol. The Morgan fingerprint density at radius 1 is 1.07 bits per heavy atom. The fraction of sp³-hybridized carbons (Fsp3) is 0.559. The zero-order chi connectivity index (χ0) is 28.9. The van der Waals surface area contributed by atoms with E-state index in [2.05, 4.69) is 26.1 Å². The maximum absolute atomic E-state index is 14.5. The zero-order valence-electron chi connectivity index (χ0n) is 24.5. The number of piperazine rings is 1. The van der Waals surface area contributed by atoms with Crippen molar-refractivity contribution in [2.45, 2.75) is 87.2 Å². The first-order valence-corrected chi connectivity index (χ1v) is 16.5. The second-order valence-corrected chi connectivity index (χ2v) is 14.5. The number of nitrogens with zero attached hydrogens (tertiary/aromatic N) is 4. The molecule has 1 spiro atoms. The van der Waals surface area contributed by atoms with Crippen LogP contribution >= 0.6 is 11.6 Å². The van der Waals surface area contributed by atoms with Gasteiger partial charge < -0.3 is 25.0 Å². The molecule has 6 heterocycles. The summed E-state index contributed by atoms with van der Waals surface area (Å²) in [6.45, 7) is 4.58. The van der Waals surface area contributed by atoms with Crippen LogP contribution in [0.1, 0.15) is 56.2 Å². The van der Waals surface area contributed by atoms with E-state index in [0.717, 1.165) is 73.9 Å². The minimum atomic E-state index is -0.778. The van der Waals surface area contributed by atoms with Crippen molar-refractivity contribution in [3.8, 4) is 11.6 Å². The lowest BCUT2D eigenvalue weighted by Gasteiger charge is -2.43. The van der Waals surface area contributed by atoms with Gasteiger partial charge in [0.1, 0.15) is 18.5 Å². The highest BCUT2D eigenvalue weighted by Crippen LogP contribution is 2.54. The number of pyridine rings is 1. The number of phenols is 1. The molecule has 5 fully saturated rings. The molecule has 2 N–H and O–H groups in total. The van der Waals surface area contributed by atoms with Crippen molar-refractivity contribution in [2.24, 2.45) is 0 Å². The Morgan fingerprint density at radius 3 is 2.72 bits per heavy atom. The van der Waals surface area contributed by atoms with Crippen LogP contribution in [-0.2, 0) is 13.0 Å². The minimum Gasteiger partial charge on any atom is -0.508 e. The van der Waals surface area contributed by atoms with Crippen molar-refractivity contribution >= 4 is 33.7 Å². The van der Waals surface area contributed by atoms with Crippen molar-refractivity contribution in [1.29, 1.82) is 0 Å². The summed E-state index contributed by atoms with van der Waals surface area (Å²) in [7, 11) is 0. The van der Waals surface area contributed by atoms with Crippen molar-refractivity contribution in [1.82, 2.24) is 15.2 Å². The summed E-state index contributed by atoms with van der Waals surface area (Å²) in [5.41, 5.74) is 4.38. The lowest BCUT2D eigenvalue weighted by molar-refractivity contribution is 0.110. The molecule has 5 aliphatic heterocycles. The summed E-state index contributed by atoms with van der Waals surface area (Å²) in [6.07, 6.45) is 7.41. The topological polar surface area (TPSA) is 64.1 Å². The number of halogens is 2. The summed E-state index contributed by atoms with van der Waals surface area (Å²) < 4.78 is 21.1. The van der Waals surface area contributed by atoms with Crippen LogP contribution in [0, 0.1) is 0 Å². The third kappa shape index (κ3) is 4.31. The van der Waals surface area contributed by atoms with Crippen LogP contribution in [0.3, 0.4) is 0 Å². The van der Waals surface area contributed by atoms with Gasteiger partial charge in [0.25, 0.3) is 0 Å². The zero-order valence-corrected chi connectivity index (χ0v) is 25.3. The van der Waals surface area contributed by atoms with Crippen molar-refractivity contribution in [3.05, 3.63) is 52.7 Å². The summed E-state index contributed by atoms with van der Waals surface area (Å²) in [5.74, 6) is 0.894. The number of phenolic OH excluding ortho intramolecular Hbond substituents is 1. The van der Waals surface area contributed by atoms with Gasteiger partial charge >= 0.3 is 0 Å². The normalized spacial score (nSPS) is 30.7. The molecule has 9 heteroatoms. The summed E-state index contributed by atoms with van der Waals surface area (Å²) in [6, 6.07) is 12.8. The highest BCUT2D eigenvalue weighted by atomic mass is 35.5. The maximum Gasteiger partial charge on any atom is 0.215 e. The summed E-state index contributed by atoms with van der Waals surface area (Å²) in [4.78, 5) is 12.5. The van der Waals surface area contributed by atoms with Crippen LogP contribution in [0.2, 0.25) is 5.02 Å². The highest BCUT2D eigenvalue weighted by Gasteiger charge is 2.53. The molecule has 1 saturated carbocycles. The van der Waals surface area contributed by atoms with Crippen molar-refractivity contribution in [3.63, 3.8) is 0 Å². The predicted molar refractivity (Wildman–Crippen MR) is 167 cm³/mol. The van der Waals surface area contributed by atoms with Gasteiger partial charge in [0.15, 0.2) is 0 Å².